The zero-order valence-corrected chi connectivity index (χ0v) is 22.1. The van der Waals surface area contributed by atoms with E-state index in [4.69, 9.17) is 5.73 Å². The Labute approximate surface area is 228 Å². The van der Waals surface area contributed by atoms with E-state index in [1.807, 2.05) is 29.9 Å². The molecule has 3 N–H and O–H groups in total. The minimum absolute atomic E-state index is 0.0890. The molecule has 0 unspecified atom stereocenters. The molecule has 0 atom stereocenters. The number of hydrogen-bond donors (Lipinski definition) is 2. The number of amides is 2. The van der Waals surface area contributed by atoms with Crippen molar-refractivity contribution in [1.29, 1.82) is 0 Å². The number of nitrogens with two attached hydrogens (primary N) is 1. The van der Waals surface area contributed by atoms with Gasteiger partial charge in [-0.3, -0.25) is 14.4 Å². The highest BCUT2D eigenvalue weighted by atomic mass is 19.1. The van der Waals surface area contributed by atoms with Crippen molar-refractivity contribution in [2.45, 2.75) is 6.54 Å². The van der Waals surface area contributed by atoms with Gasteiger partial charge in [0.1, 0.15) is 35.7 Å². The van der Waals surface area contributed by atoms with Gasteiger partial charge in [-0.15, -0.1) is 0 Å². The standard InChI is InChI=1S/C29H26FN7O3/c1-35(2)24(38)15-37-13-22(18-4-8-19(30)9-5-18)26(39)23(14-37)29(40)34-20-10-6-17(7-11-20)21-12-36(3)28-25(21)27(31)32-16-33-28/h4-14,16H,15H2,1-3H3,(H,34,40)(H2,31,32,33). The molecule has 0 aliphatic carbocycles. The fourth-order valence-electron chi connectivity index (χ4n) is 4.40. The van der Waals surface area contributed by atoms with Gasteiger partial charge in [-0.1, -0.05) is 24.3 Å². The molecule has 2 aromatic carbocycles. The van der Waals surface area contributed by atoms with E-state index in [0.717, 1.165) is 16.5 Å². The van der Waals surface area contributed by atoms with Gasteiger partial charge >= 0.3 is 0 Å². The van der Waals surface area contributed by atoms with Crippen LogP contribution in [-0.4, -0.2) is 49.9 Å². The van der Waals surface area contributed by atoms with E-state index in [2.05, 4.69) is 15.3 Å². The van der Waals surface area contributed by atoms with Gasteiger partial charge < -0.3 is 25.1 Å². The van der Waals surface area contributed by atoms with E-state index >= 15 is 0 Å². The van der Waals surface area contributed by atoms with E-state index < -0.39 is 17.2 Å². The largest absolute Gasteiger partial charge is 0.383 e. The van der Waals surface area contributed by atoms with Crippen molar-refractivity contribution in [2.24, 2.45) is 7.05 Å². The average molecular weight is 540 g/mol. The molecule has 202 valence electrons. The maximum absolute atomic E-state index is 13.5. The van der Waals surface area contributed by atoms with Gasteiger partial charge in [0.15, 0.2) is 0 Å². The number of benzene rings is 2. The number of likely N-dealkylation sites (N-methyl/N-ethyl adjacent to an activating group) is 1. The van der Waals surface area contributed by atoms with E-state index in [1.54, 1.807) is 26.2 Å². The molecule has 10 nitrogen and oxygen atoms in total. The monoisotopic (exact) mass is 539 g/mol. The van der Waals surface area contributed by atoms with E-state index in [1.165, 1.54) is 52.5 Å². The maximum atomic E-state index is 13.5. The highest BCUT2D eigenvalue weighted by molar-refractivity contribution is 6.05. The fraction of sp³-hybridized carbons (Fsp3) is 0.138. The molecule has 0 fully saturated rings. The summed E-state index contributed by atoms with van der Waals surface area (Å²) in [5.74, 6) is -0.961. The molecule has 11 heteroatoms. The SMILES string of the molecule is CN(C)C(=O)Cn1cc(C(=O)Nc2ccc(-c3cn(C)c4ncnc(N)c34)cc2)c(=O)c(-c2ccc(F)cc2)c1. The van der Waals surface area contributed by atoms with Gasteiger partial charge in [0.25, 0.3) is 5.91 Å². The van der Waals surface area contributed by atoms with Crippen LogP contribution in [0.15, 0.2) is 78.2 Å². The Balaban J connectivity index is 1.47. The number of aromatic nitrogens is 4. The predicted molar refractivity (Wildman–Crippen MR) is 151 cm³/mol. The van der Waals surface area contributed by atoms with Crippen LogP contribution in [0.2, 0.25) is 0 Å². The van der Waals surface area contributed by atoms with Crippen LogP contribution >= 0.6 is 0 Å². The molecule has 0 radical (unpaired) electrons. The number of nitrogen functional groups attached to an aromatic ring is 1. The summed E-state index contributed by atoms with van der Waals surface area (Å²) in [5.41, 5.74) is 8.85. The molecular formula is C29H26FN7O3. The second-order valence-corrected chi connectivity index (χ2v) is 9.52. The highest BCUT2D eigenvalue weighted by Crippen LogP contribution is 2.32. The Hall–Kier alpha value is -5.32. The molecule has 0 bridgehead atoms. The second-order valence-electron chi connectivity index (χ2n) is 9.52. The Morgan fingerprint density at radius 2 is 1.60 bits per heavy atom. The van der Waals surface area contributed by atoms with Gasteiger partial charge in [0.05, 0.1) is 5.39 Å². The van der Waals surface area contributed by atoms with Crippen LogP contribution in [0.1, 0.15) is 10.4 Å². The third-order valence-corrected chi connectivity index (χ3v) is 6.53. The lowest BCUT2D eigenvalue weighted by Gasteiger charge is -2.15. The summed E-state index contributed by atoms with van der Waals surface area (Å²) < 4.78 is 16.9. The third kappa shape index (κ3) is 5.04. The Kier molecular flexibility index (Phi) is 6.87. The minimum Gasteiger partial charge on any atom is -0.383 e. The molecule has 5 aromatic rings. The number of carbonyl (C=O) groups excluding carboxylic acids is 2. The molecular weight excluding hydrogens is 513 g/mol. The fourth-order valence-corrected chi connectivity index (χ4v) is 4.40. The van der Waals surface area contributed by atoms with Crippen molar-refractivity contribution < 1.29 is 14.0 Å². The van der Waals surface area contributed by atoms with Crippen molar-refractivity contribution >= 4 is 34.4 Å². The number of pyridine rings is 1. The molecule has 40 heavy (non-hydrogen) atoms. The summed E-state index contributed by atoms with van der Waals surface area (Å²) in [6.45, 7) is -0.0890. The van der Waals surface area contributed by atoms with Gasteiger partial charge in [-0.05, 0) is 35.4 Å². The first-order valence-corrected chi connectivity index (χ1v) is 12.3. The van der Waals surface area contributed by atoms with Gasteiger partial charge in [0.2, 0.25) is 11.3 Å². The molecule has 0 saturated carbocycles. The van der Waals surface area contributed by atoms with Crippen LogP contribution in [-0.2, 0) is 18.4 Å². The van der Waals surface area contributed by atoms with Crippen LogP contribution in [0.3, 0.4) is 0 Å². The number of aryl methyl sites for hydroxylation is 1. The lowest BCUT2D eigenvalue weighted by Crippen LogP contribution is -2.29. The molecule has 0 spiro atoms. The van der Waals surface area contributed by atoms with Crippen molar-refractivity contribution in [3.8, 4) is 22.3 Å². The molecule has 2 amide bonds. The first-order chi connectivity index (χ1) is 19.1. The van der Waals surface area contributed by atoms with Crippen LogP contribution in [0, 0.1) is 5.82 Å². The van der Waals surface area contributed by atoms with E-state index in [9.17, 15) is 18.8 Å². The van der Waals surface area contributed by atoms with Crippen molar-refractivity contribution in [3.05, 3.63) is 95.1 Å². The first-order valence-electron chi connectivity index (χ1n) is 12.3. The summed E-state index contributed by atoms with van der Waals surface area (Å²) >= 11 is 0. The summed E-state index contributed by atoms with van der Waals surface area (Å²) in [4.78, 5) is 48.8. The topological polar surface area (TPSA) is 128 Å². The summed E-state index contributed by atoms with van der Waals surface area (Å²) in [6.07, 6.45) is 6.15. The zero-order chi connectivity index (χ0) is 28.6. The lowest BCUT2D eigenvalue weighted by molar-refractivity contribution is -0.129. The molecule has 3 aromatic heterocycles. The lowest BCUT2D eigenvalue weighted by atomic mass is 10.0. The molecule has 0 saturated heterocycles. The molecule has 3 heterocycles. The minimum atomic E-state index is -0.643. The van der Waals surface area contributed by atoms with E-state index in [-0.39, 0.29) is 23.6 Å². The van der Waals surface area contributed by atoms with Crippen molar-refractivity contribution in [1.82, 2.24) is 24.0 Å². The normalized spacial score (nSPS) is 11.0. The highest BCUT2D eigenvalue weighted by Gasteiger charge is 2.19. The summed E-state index contributed by atoms with van der Waals surface area (Å²) in [5, 5.41) is 3.49. The zero-order valence-electron chi connectivity index (χ0n) is 22.1. The smallest absolute Gasteiger partial charge is 0.261 e. The number of nitrogens with zero attached hydrogens (tertiary/aromatic N) is 5. The first kappa shape index (κ1) is 26.3. The van der Waals surface area contributed by atoms with Crippen LogP contribution in [0.25, 0.3) is 33.3 Å². The Morgan fingerprint density at radius 3 is 2.27 bits per heavy atom. The number of carbonyl (C=O) groups is 2. The van der Waals surface area contributed by atoms with Gasteiger partial charge in [-0.25, -0.2) is 14.4 Å². The maximum Gasteiger partial charge on any atom is 0.261 e. The number of hydrogen-bond acceptors (Lipinski definition) is 6. The molecule has 5 rings (SSSR count). The van der Waals surface area contributed by atoms with Crippen LogP contribution in [0.5, 0.6) is 0 Å². The summed E-state index contributed by atoms with van der Waals surface area (Å²) in [6, 6.07) is 12.4. The quantitative estimate of drug-likeness (QED) is 0.340. The van der Waals surface area contributed by atoms with E-state index in [0.29, 0.717) is 22.7 Å². The Bertz CT molecular complexity index is 1810. The van der Waals surface area contributed by atoms with Crippen molar-refractivity contribution in [3.63, 3.8) is 0 Å². The number of anilines is 2. The number of fused-ring (bicyclic) bond motifs is 1. The van der Waals surface area contributed by atoms with Crippen molar-refractivity contribution in [2.75, 3.05) is 25.1 Å². The van der Waals surface area contributed by atoms with Crippen LogP contribution < -0.4 is 16.5 Å². The average Bonchev–Trinajstić information content (AvgIpc) is 3.28. The Morgan fingerprint density at radius 1 is 0.950 bits per heavy atom. The van der Waals surface area contributed by atoms with Crippen LogP contribution in [0.4, 0.5) is 15.9 Å². The summed E-state index contributed by atoms with van der Waals surface area (Å²) in [7, 11) is 5.09. The number of rotatable bonds is 6. The predicted octanol–water partition coefficient (Wildman–Crippen LogP) is 3.53. The molecule has 0 aliphatic heterocycles. The number of halogens is 1. The molecule has 0 aliphatic rings. The van der Waals surface area contributed by atoms with Gasteiger partial charge in [0, 0.05) is 56.5 Å². The number of nitrogens with one attached hydrogen (secondary N) is 1. The third-order valence-electron chi connectivity index (χ3n) is 6.53. The van der Waals surface area contributed by atoms with Gasteiger partial charge in [-0.2, -0.15) is 0 Å². The second kappa shape index (κ2) is 10.4.